The molecule has 6 heteroatoms. The van der Waals surface area contributed by atoms with Gasteiger partial charge in [0.1, 0.15) is 11.5 Å². The number of carbonyl (C=O) groups excluding carboxylic acids is 1. The van der Waals surface area contributed by atoms with Crippen LogP contribution in [0.1, 0.15) is 23.3 Å². The summed E-state index contributed by atoms with van der Waals surface area (Å²) in [6.45, 7) is 1.12. The molecule has 0 radical (unpaired) electrons. The average molecular weight is 236 g/mol. The summed E-state index contributed by atoms with van der Waals surface area (Å²) in [5, 5.41) is 0. The van der Waals surface area contributed by atoms with Crippen molar-refractivity contribution in [1.82, 2.24) is 14.9 Å². The maximum Gasteiger partial charge on any atom is 0.274 e. The highest BCUT2D eigenvalue weighted by Gasteiger charge is 2.33. The molecule has 1 heterocycles. The molecular weight excluding hydrogens is 220 g/mol. The van der Waals surface area contributed by atoms with Crippen LogP contribution in [0.3, 0.4) is 0 Å². The van der Waals surface area contributed by atoms with Gasteiger partial charge in [-0.05, 0) is 12.8 Å². The Morgan fingerprint density at radius 3 is 2.82 bits per heavy atom. The molecule has 1 saturated carbocycles. The van der Waals surface area contributed by atoms with Gasteiger partial charge < -0.3 is 15.4 Å². The number of nitrogen functional groups attached to an aromatic ring is 1. The van der Waals surface area contributed by atoms with E-state index < -0.39 is 0 Å². The average Bonchev–Trinajstić information content (AvgIpc) is 3.14. The number of nitrogens with zero attached hydrogens (tertiary/aromatic N) is 3. The third-order valence-electron chi connectivity index (χ3n) is 2.68. The number of anilines is 1. The number of rotatable bonds is 5. The second-order valence-corrected chi connectivity index (χ2v) is 4.05. The fourth-order valence-corrected chi connectivity index (χ4v) is 1.62. The van der Waals surface area contributed by atoms with Crippen LogP contribution in [0.4, 0.5) is 5.82 Å². The van der Waals surface area contributed by atoms with E-state index in [0.29, 0.717) is 30.7 Å². The Labute approximate surface area is 99.8 Å². The summed E-state index contributed by atoms with van der Waals surface area (Å²) < 4.78 is 5.01. The highest BCUT2D eigenvalue weighted by atomic mass is 16.5. The largest absolute Gasteiger partial charge is 0.383 e. The molecule has 6 nitrogen and oxygen atoms in total. The number of ether oxygens (including phenoxy) is 1. The molecule has 0 aromatic carbocycles. The Hall–Kier alpha value is -1.69. The van der Waals surface area contributed by atoms with Crippen molar-refractivity contribution in [3.63, 3.8) is 0 Å². The Morgan fingerprint density at radius 1 is 1.53 bits per heavy atom. The van der Waals surface area contributed by atoms with Crippen LogP contribution < -0.4 is 5.73 Å². The zero-order valence-electron chi connectivity index (χ0n) is 9.80. The summed E-state index contributed by atoms with van der Waals surface area (Å²) in [5.74, 6) is 0.216. The highest BCUT2D eigenvalue weighted by Crippen LogP contribution is 2.27. The van der Waals surface area contributed by atoms with E-state index in [1.54, 1.807) is 12.0 Å². The Balaban J connectivity index is 2.07. The van der Waals surface area contributed by atoms with Crippen molar-refractivity contribution in [3.8, 4) is 0 Å². The number of amides is 1. The molecule has 1 fully saturated rings. The Morgan fingerprint density at radius 2 is 2.29 bits per heavy atom. The first kappa shape index (κ1) is 11.8. The third-order valence-corrected chi connectivity index (χ3v) is 2.68. The van der Waals surface area contributed by atoms with Gasteiger partial charge >= 0.3 is 0 Å². The highest BCUT2D eigenvalue weighted by molar-refractivity contribution is 5.92. The number of aromatic nitrogens is 2. The van der Waals surface area contributed by atoms with Crippen molar-refractivity contribution >= 4 is 11.7 Å². The normalized spacial score (nSPS) is 14.6. The minimum Gasteiger partial charge on any atom is -0.383 e. The van der Waals surface area contributed by atoms with Crippen LogP contribution >= 0.6 is 0 Å². The minimum atomic E-state index is -0.1000. The smallest absolute Gasteiger partial charge is 0.274 e. The van der Waals surface area contributed by atoms with E-state index in [1.807, 2.05) is 0 Å². The lowest BCUT2D eigenvalue weighted by molar-refractivity contribution is 0.0674. The monoisotopic (exact) mass is 236 g/mol. The van der Waals surface area contributed by atoms with Gasteiger partial charge in [0.05, 0.1) is 19.0 Å². The van der Waals surface area contributed by atoms with Gasteiger partial charge in [-0.3, -0.25) is 4.79 Å². The Bertz CT molecular complexity index is 389. The van der Waals surface area contributed by atoms with Gasteiger partial charge in [-0.1, -0.05) is 0 Å². The van der Waals surface area contributed by atoms with E-state index in [4.69, 9.17) is 10.5 Å². The molecule has 0 aliphatic heterocycles. The van der Waals surface area contributed by atoms with E-state index in [1.165, 1.54) is 12.4 Å². The van der Waals surface area contributed by atoms with Crippen molar-refractivity contribution in [2.45, 2.75) is 18.9 Å². The standard InChI is InChI=1S/C11H16N4O2/c1-17-5-4-15(8-2-3-8)11(16)9-6-14-10(12)7-13-9/h6-8H,2-5H2,1H3,(H2,12,14). The molecular formula is C11H16N4O2. The van der Waals surface area contributed by atoms with Gasteiger partial charge in [-0.15, -0.1) is 0 Å². The predicted octanol–water partition coefficient (Wildman–Crippen LogP) is 0.310. The molecule has 1 aliphatic carbocycles. The molecule has 1 aromatic rings. The molecule has 1 amide bonds. The molecule has 0 bridgehead atoms. The first-order chi connectivity index (χ1) is 8.22. The number of hydrogen-bond donors (Lipinski definition) is 1. The van der Waals surface area contributed by atoms with E-state index >= 15 is 0 Å². The van der Waals surface area contributed by atoms with E-state index in [9.17, 15) is 4.79 Å². The van der Waals surface area contributed by atoms with E-state index in [-0.39, 0.29) is 5.91 Å². The van der Waals surface area contributed by atoms with Crippen LogP contribution in [0.25, 0.3) is 0 Å². The SMILES string of the molecule is COCCN(C(=O)c1cnc(N)cn1)C1CC1. The molecule has 2 N–H and O–H groups in total. The molecule has 1 aromatic heterocycles. The lowest BCUT2D eigenvalue weighted by atomic mass is 10.3. The fraction of sp³-hybridized carbons (Fsp3) is 0.545. The van der Waals surface area contributed by atoms with Gasteiger partial charge in [-0.25, -0.2) is 9.97 Å². The van der Waals surface area contributed by atoms with Crippen LogP contribution in [0.5, 0.6) is 0 Å². The van der Waals surface area contributed by atoms with Gasteiger partial charge in [0.2, 0.25) is 0 Å². The molecule has 0 unspecified atom stereocenters. The van der Waals surface area contributed by atoms with Crippen molar-refractivity contribution in [2.24, 2.45) is 0 Å². The zero-order chi connectivity index (χ0) is 12.3. The van der Waals surface area contributed by atoms with Crippen molar-refractivity contribution in [2.75, 3.05) is 26.0 Å². The van der Waals surface area contributed by atoms with Crippen LogP contribution in [-0.4, -0.2) is 47.1 Å². The first-order valence-corrected chi connectivity index (χ1v) is 5.60. The van der Waals surface area contributed by atoms with Crippen LogP contribution in [0.2, 0.25) is 0 Å². The molecule has 17 heavy (non-hydrogen) atoms. The molecule has 1 aliphatic rings. The van der Waals surface area contributed by atoms with Gasteiger partial charge in [-0.2, -0.15) is 0 Å². The van der Waals surface area contributed by atoms with Gasteiger partial charge in [0.25, 0.3) is 5.91 Å². The fourth-order valence-electron chi connectivity index (χ4n) is 1.62. The lowest BCUT2D eigenvalue weighted by Crippen LogP contribution is -2.36. The van der Waals surface area contributed by atoms with Crippen LogP contribution in [0, 0.1) is 0 Å². The molecule has 2 rings (SSSR count). The van der Waals surface area contributed by atoms with Crippen LogP contribution in [0.15, 0.2) is 12.4 Å². The lowest BCUT2D eigenvalue weighted by Gasteiger charge is -2.21. The summed E-state index contributed by atoms with van der Waals surface area (Å²) in [7, 11) is 1.62. The van der Waals surface area contributed by atoms with Crippen molar-refractivity contribution in [3.05, 3.63) is 18.1 Å². The molecule has 0 spiro atoms. The number of carbonyl (C=O) groups is 1. The predicted molar refractivity (Wildman–Crippen MR) is 62.4 cm³/mol. The van der Waals surface area contributed by atoms with E-state index in [0.717, 1.165) is 12.8 Å². The number of nitrogens with two attached hydrogens (primary N) is 1. The van der Waals surface area contributed by atoms with Gasteiger partial charge in [0, 0.05) is 19.7 Å². The second-order valence-electron chi connectivity index (χ2n) is 4.05. The second kappa shape index (κ2) is 5.09. The molecule has 92 valence electrons. The summed E-state index contributed by atoms with van der Waals surface area (Å²) >= 11 is 0. The third kappa shape index (κ3) is 2.91. The van der Waals surface area contributed by atoms with Crippen molar-refractivity contribution in [1.29, 1.82) is 0 Å². The van der Waals surface area contributed by atoms with Gasteiger partial charge in [0.15, 0.2) is 0 Å². The summed E-state index contributed by atoms with van der Waals surface area (Å²) in [5.41, 5.74) is 5.77. The topological polar surface area (TPSA) is 81.3 Å². The number of hydrogen-bond acceptors (Lipinski definition) is 5. The van der Waals surface area contributed by atoms with Crippen LogP contribution in [-0.2, 0) is 4.74 Å². The first-order valence-electron chi connectivity index (χ1n) is 5.60. The Kier molecular flexibility index (Phi) is 3.53. The zero-order valence-corrected chi connectivity index (χ0v) is 9.80. The minimum absolute atomic E-state index is 0.1000. The van der Waals surface area contributed by atoms with Crippen molar-refractivity contribution < 1.29 is 9.53 Å². The quantitative estimate of drug-likeness (QED) is 0.795. The summed E-state index contributed by atoms with van der Waals surface area (Å²) in [6, 6.07) is 0.331. The maximum atomic E-state index is 12.2. The summed E-state index contributed by atoms with van der Waals surface area (Å²) in [4.78, 5) is 21.8. The summed E-state index contributed by atoms with van der Waals surface area (Å²) in [6.07, 6.45) is 4.92. The molecule has 0 atom stereocenters. The van der Waals surface area contributed by atoms with E-state index in [2.05, 4.69) is 9.97 Å². The molecule has 0 saturated heterocycles. The maximum absolute atomic E-state index is 12.2. The number of methoxy groups -OCH3 is 1.